The minimum Gasteiger partial charge on any atom is -0.391 e. The molecule has 0 radical (unpaired) electrons. The molecule has 0 saturated carbocycles. The first-order valence-electron chi connectivity index (χ1n) is 3.60. The number of carbonyl (C=O) groups is 1. The van der Waals surface area contributed by atoms with Gasteiger partial charge in [0.2, 0.25) is 0 Å². The highest BCUT2D eigenvalue weighted by Crippen LogP contribution is 2.12. The molecule has 4 nitrogen and oxygen atoms in total. The second-order valence-electron chi connectivity index (χ2n) is 2.51. The maximum atomic E-state index is 11.0. The standard InChI is InChI=1S/C8H6N2O2S/c11-8(12-13)5-1-2-6-7(3-5)10-4-9-6/h1-4,13H,(H,9,10). The zero-order valence-corrected chi connectivity index (χ0v) is 7.41. The fourth-order valence-corrected chi connectivity index (χ4v) is 1.22. The molecule has 0 atom stereocenters. The van der Waals surface area contributed by atoms with Crippen LogP contribution < -0.4 is 0 Å². The van der Waals surface area contributed by atoms with Crippen LogP contribution in [0.15, 0.2) is 24.5 Å². The monoisotopic (exact) mass is 194 g/mol. The van der Waals surface area contributed by atoms with Crippen molar-refractivity contribution in [3.63, 3.8) is 0 Å². The van der Waals surface area contributed by atoms with E-state index in [0.717, 1.165) is 11.0 Å². The van der Waals surface area contributed by atoms with E-state index in [1.54, 1.807) is 24.5 Å². The molecule has 0 aliphatic carbocycles. The van der Waals surface area contributed by atoms with E-state index >= 15 is 0 Å². The van der Waals surface area contributed by atoms with Crippen molar-refractivity contribution in [3.05, 3.63) is 30.1 Å². The summed E-state index contributed by atoms with van der Waals surface area (Å²) >= 11 is 3.43. The second kappa shape index (κ2) is 3.10. The molecule has 0 saturated heterocycles. The van der Waals surface area contributed by atoms with Crippen molar-refractivity contribution in [1.82, 2.24) is 9.97 Å². The summed E-state index contributed by atoms with van der Waals surface area (Å²) in [6.07, 6.45) is 1.57. The molecule has 0 aliphatic rings. The molecular weight excluding hydrogens is 188 g/mol. The maximum Gasteiger partial charge on any atom is 0.350 e. The number of hydrogen-bond donors (Lipinski definition) is 2. The van der Waals surface area contributed by atoms with Gasteiger partial charge in [0.15, 0.2) is 0 Å². The zero-order valence-electron chi connectivity index (χ0n) is 6.52. The van der Waals surface area contributed by atoms with Crippen LogP contribution in [0.1, 0.15) is 10.4 Å². The third-order valence-corrected chi connectivity index (χ3v) is 1.90. The minimum atomic E-state index is -0.472. The molecule has 0 spiro atoms. The van der Waals surface area contributed by atoms with E-state index < -0.39 is 5.97 Å². The number of fused-ring (bicyclic) bond motifs is 1. The average molecular weight is 194 g/mol. The lowest BCUT2D eigenvalue weighted by atomic mass is 10.2. The van der Waals surface area contributed by atoms with E-state index in [2.05, 4.69) is 27.1 Å². The highest BCUT2D eigenvalue weighted by atomic mass is 32.1. The third kappa shape index (κ3) is 1.38. The summed E-state index contributed by atoms with van der Waals surface area (Å²) in [5.74, 6) is -0.472. The van der Waals surface area contributed by atoms with Gasteiger partial charge in [-0.15, -0.1) is 0 Å². The Kier molecular flexibility index (Phi) is 1.94. The van der Waals surface area contributed by atoms with Gasteiger partial charge in [0, 0.05) is 12.9 Å². The number of benzene rings is 1. The van der Waals surface area contributed by atoms with Gasteiger partial charge >= 0.3 is 5.97 Å². The first-order valence-corrected chi connectivity index (χ1v) is 3.96. The first-order chi connectivity index (χ1) is 6.31. The lowest BCUT2D eigenvalue weighted by Crippen LogP contribution is -1.97. The zero-order chi connectivity index (χ0) is 9.26. The number of rotatable bonds is 1. The van der Waals surface area contributed by atoms with Crippen molar-refractivity contribution >= 4 is 29.9 Å². The Morgan fingerprint density at radius 3 is 3.15 bits per heavy atom. The highest BCUT2D eigenvalue weighted by molar-refractivity contribution is 7.75. The van der Waals surface area contributed by atoms with Crippen LogP contribution in [-0.2, 0) is 4.18 Å². The molecule has 0 amide bonds. The molecule has 1 aromatic carbocycles. The molecule has 1 heterocycles. The number of hydrogen-bond acceptors (Lipinski definition) is 4. The van der Waals surface area contributed by atoms with Crippen LogP contribution in [0.25, 0.3) is 11.0 Å². The van der Waals surface area contributed by atoms with Gasteiger partial charge < -0.3 is 9.17 Å². The normalized spacial score (nSPS) is 10.2. The molecule has 2 aromatic rings. The fraction of sp³-hybridized carbons (Fsp3) is 0. The Balaban J connectivity index is 2.54. The number of carbonyl (C=O) groups excluding carboxylic acids is 1. The van der Waals surface area contributed by atoms with Crippen molar-refractivity contribution in [2.45, 2.75) is 0 Å². The Morgan fingerprint density at radius 1 is 1.54 bits per heavy atom. The molecule has 0 bridgehead atoms. The number of imidazole rings is 1. The fourth-order valence-electron chi connectivity index (χ4n) is 1.12. The predicted molar refractivity (Wildman–Crippen MR) is 50.5 cm³/mol. The molecular formula is C8H6N2O2S. The van der Waals surface area contributed by atoms with Gasteiger partial charge in [-0.25, -0.2) is 9.78 Å². The van der Waals surface area contributed by atoms with Crippen LogP contribution in [-0.4, -0.2) is 15.9 Å². The maximum absolute atomic E-state index is 11.0. The largest absolute Gasteiger partial charge is 0.391 e. The van der Waals surface area contributed by atoms with Crippen molar-refractivity contribution < 1.29 is 8.98 Å². The van der Waals surface area contributed by atoms with Crippen LogP contribution in [0.4, 0.5) is 0 Å². The Morgan fingerprint density at radius 2 is 2.38 bits per heavy atom. The van der Waals surface area contributed by atoms with Gasteiger partial charge in [0.05, 0.1) is 22.9 Å². The van der Waals surface area contributed by atoms with Gasteiger partial charge in [-0.3, -0.25) is 0 Å². The first kappa shape index (κ1) is 8.12. The SMILES string of the molecule is O=C(OS)c1ccc2nc[nH]c2c1. The molecule has 0 unspecified atom stereocenters. The van der Waals surface area contributed by atoms with Crippen molar-refractivity contribution in [2.24, 2.45) is 0 Å². The van der Waals surface area contributed by atoms with E-state index in [9.17, 15) is 4.79 Å². The summed E-state index contributed by atoms with van der Waals surface area (Å²) in [5, 5.41) is 0. The quantitative estimate of drug-likeness (QED) is 0.535. The number of nitrogens with zero attached hydrogens (tertiary/aromatic N) is 1. The van der Waals surface area contributed by atoms with Crippen molar-refractivity contribution in [3.8, 4) is 0 Å². The van der Waals surface area contributed by atoms with Gasteiger partial charge in [-0.05, 0) is 18.2 Å². The summed E-state index contributed by atoms with van der Waals surface area (Å²) < 4.78 is 4.28. The number of H-pyrrole nitrogens is 1. The van der Waals surface area contributed by atoms with Crippen LogP contribution in [0.3, 0.4) is 0 Å². The third-order valence-electron chi connectivity index (χ3n) is 1.74. The summed E-state index contributed by atoms with van der Waals surface area (Å²) in [6, 6.07) is 5.05. The van der Waals surface area contributed by atoms with Crippen LogP contribution >= 0.6 is 12.9 Å². The summed E-state index contributed by atoms with van der Waals surface area (Å²) in [6.45, 7) is 0. The van der Waals surface area contributed by atoms with E-state index in [4.69, 9.17) is 0 Å². The average Bonchev–Trinajstić information content (AvgIpc) is 2.63. The molecule has 13 heavy (non-hydrogen) atoms. The lowest BCUT2D eigenvalue weighted by Gasteiger charge is -1.96. The van der Waals surface area contributed by atoms with Gasteiger partial charge in [-0.1, -0.05) is 0 Å². The van der Waals surface area contributed by atoms with Crippen LogP contribution in [0.5, 0.6) is 0 Å². The summed E-state index contributed by atoms with van der Waals surface area (Å²) in [5.41, 5.74) is 2.07. The number of aromatic amines is 1. The molecule has 2 rings (SSSR count). The van der Waals surface area contributed by atoms with Crippen molar-refractivity contribution in [2.75, 3.05) is 0 Å². The van der Waals surface area contributed by atoms with E-state index in [-0.39, 0.29) is 0 Å². The van der Waals surface area contributed by atoms with Crippen LogP contribution in [0.2, 0.25) is 0 Å². The lowest BCUT2D eigenvalue weighted by molar-refractivity contribution is 0.0772. The molecule has 1 aromatic heterocycles. The molecule has 1 N–H and O–H groups in total. The highest BCUT2D eigenvalue weighted by Gasteiger charge is 2.06. The number of aromatic nitrogens is 2. The topological polar surface area (TPSA) is 55.0 Å². The predicted octanol–water partition coefficient (Wildman–Crippen LogP) is 1.56. The Bertz CT molecular complexity index is 452. The molecule has 0 fully saturated rings. The van der Waals surface area contributed by atoms with Gasteiger partial charge in [0.25, 0.3) is 0 Å². The minimum absolute atomic E-state index is 0.451. The number of nitrogens with one attached hydrogen (secondary N) is 1. The van der Waals surface area contributed by atoms with Crippen LogP contribution in [0, 0.1) is 0 Å². The van der Waals surface area contributed by atoms with E-state index in [1.807, 2.05) is 0 Å². The van der Waals surface area contributed by atoms with E-state index in [0.29, 0.717) is 5.56 Å². The molecule has 5 heteroatoms. The summed E-state index contributed by atoms with van der Waals surface area (Å²) in [4.78, 5) is 18.0. The Hall–Kier alpha value is -1.49. The Labute approximate surface area is 79.5 Å². The smallest absolute Gasteiger partial charge is 0.350 e. The van der Waals surface area contributed by atoms with Gasteiger partial charge in [-0.2, -0.15) is 0 Å². The van der Waals surface area contributed by atoms with E-state index in [1.165, 1.54) is 0 Å². The number of thiol groups is 1. The second-order valence-corrected chi connectivity index (χ2v) is 2.70. The van der Waals surface area contributed by atoms with Gasteiger partial charge in [0.1, 0.15) is 0 Å². The molecule has 66 valence electrons. The molecule has 0 aliphatic heterocycles. The van der Waals surface area contributed by atoms with Crippen molar-refractivity contribution in [1.29, 1.82) is 0 Å². The summed E-state index contributed by atoms with van der Waals surface area (Å²) in [7, 11) is 0.